The minimum atomic E-state index is -2.61. The van der Waals surface area contributed by atoms with Gasteiger partial charge in [0, 0.05) is 34.5 Å². The molecule has 1 saturated carbocycles. The maximum Gasteiger partial charge on any atom is 0.286 e. The second-order valence-electron chi connectivity index (χ2n) is 8.46. The minimum Gasteiger partial charge on any atom is -0.488 e. The highest BCUT2D eigenvalue weighted by molar-refractivity contribution is 7.92. The molecule has 2 N–H and O–H groups in total. The molecule has 0 saturated heterocycles. The summed E-state index contributed by atoms with van der Waals surface area (Å²) in [6, 6.07) is 4.18. The second kappa shape index (κ2) is 9.06. The van der Waals surface area contributed by atoms with Crippen LogP contribution in [0.25, 0.3) is 5.52 Å². The van der Waals surface area contributed by atoms with Gasteiger partial charge in [0.15, 0.2) is 5.82 Å². The summed E-state index contributed by atoms with van der Waals surface area (Å²) in [7, 11) is -2.61. The number of halogens is 1. The first-order chi connectivity index (χ1) is 15.6. The Bertz CT molecular complexity index is 1320. The van der Waals surface area contributed by atoms with Gasteiger partial charge in [-0.05, 0) is 50.3 Å². The number of aliphatic hydroxyl groups excluding tert-OH is 1. The molecular formula is C22H26FN5O4S. The van der Waals surface area contributed by atoms with Crippen LogP contribution in [0.4, 0.5) is 15.9 Å². The third kappa shape index (κ3) is 5.31. The Hall–Kier alpha value is -3.05. The summed E-state index contributed by atoms with van der Waals surface area (Å²) in [6.07, 6.45) is 7.83. The molecule has 0 unspecified atom stereocenters. The Morgan fingerprint density at radius 3 is 2.73 bits per heavy atom. The maximum absolute atomic E-state index is 14.0. The lowest BCUT2D eigenvalue weighted by Crippen LogP contribution is -2.26. The molecule has 2 heterocycles. The molecule has 33 heavy (non-hydrogen) atoms. The Labute approximate surface area is 191 Å². The third-order valence-electron chi connectivity index (χ3n) is 5.49. The summed E-state index contributed by atoms with van der Waals surface area (Å²) < 4.78 is 37.3. The SMILES string of the molecule is Cc1c(C(=O)N=S(C)(C)=O)cn2ncnc(Nc3ccc(F)cc3O[C@H]3CC[C@H](O)CC3)c12. The smallest absolute Gasteiger partial charge is 0.286 e. The number of amides is 1. The highest BCUT2D eigenvalue weighted by Crippen LogP contribution is 2.34. The van der Waals surface area contributed by atoms with Crippen LogP contribution in [0.1, 0.15) is 41.6 Å². The Morgan fingerprint density at radius 2 is 2.03 bits per heavy atom. The summed E-state index contributed by atoms with van der Waals surface area (Å²) in [5, 5.41) is 17.1. The van der Waals surface area contributed by atoms with Crippen LogP contribution in [0, 0.1) is 12.7 Å². The molecule has 3 aromatic rings. The third-order valence-corrected chi connectivity index (χ3v) is 6.10. The van der Waals surface area contributed by atoms with E-state index in [1.54, 1.807) is 13.0 Å². The number of carbonyl (C=O) groups is 1. The van der Waals surface area contributed by atoms with Crippen molar-refractivity contribution >= 4 is 32.7 Å². The van der Waals surface area contributed by atoms with E-state index in [4.69, 9.17) is 4.74 Å². The average molecular weight is 476 g/mol. The van der Waals surface area contributed by atoms with Gasteiger partial charge in [-0.1, -0.05) is 0 Å². The molecule has 11 heteroatoms. The van der Waals surface area contributed by atoms with E-state index in [0.29, 0.717) is 54.0 Å². The predicted octanol–water partition coefficient (Wildman–Crippen LogP) is 3.47. The molecule has 1 aromatic carbocycles. The average Bonchev–Trinajstić information content (AvgIpc) is 3.08. The molecule has 1 aliphatic carbocycles. The van der Waals surface area contributed by atoms with Gasteiger partial charge in [0.05, 0.1) is 23.5 Å². The molecule has 0 atom stereocenters. The first-order valence-corrected chi connectivity index (χ1v) is 12.9. The Balaban J connectivity index is 1.68. The van der Waals surface area contributed by atoms with Crippen LogP contribution < -0.4 is 10.1 Å². The molecule has 1 amide bonds. The normalized spacial score (nSPS) is 18.8. The van der Waals surface area contributed by atoms with Crippen molar-refractivity contribution < 1.29 is 23.2 Å². The quantitative estimate of drug-likeness (QED) is 0.580. The number of benzene rings is 1. The van der Waals surface area contributed by atoms with Gasteiger partial charge in [-0.25, -0.2) is 18.1 Å². The van der Waals surface area contributed by atoms with Gasteiger partial charge in [-0.15, -0.1) is 0 Å². The highest BCUT2D eigenvalue weighted by atomic mass is 32.2. The molecule has 0 radical (unpaired) electrons. The van der Waals surface area contributed by atoms with E-state index in [2.05, 4.69) is 19.8 Å². The number of carbonyl (C=O) groups excluding carboxylic acids is 1. The summed E-state index contributed by atoms with van der Waals surface area (Å²) in [6.45, 7) is 1.73. The van der Waals surface area contributed by atoms with Gasteiger partial charge in [-0.3, -0.25) is 4.79 Å². The first kappa shape index (κ1) is 23.1. The summed E-state index contributed by atoms with van der Waals surface area (Å²) in [5.41, 5.74) is 1.88. The number of aliphatic hydroxyl groups is 1. The van der Waals surface area contributed by atoms with Gasteiger partial charge >= 0.3 is 0 Å². The number of anilines is 2. The van der Waals surface area contributed by atoms with Crippen molar-refractivity contribution in [2.24, 2.45) is 4.36 Å². The van der Waals surface area contributed by atoms with Crippen LogP contribution in [0.15, 0.2) is 35.1 Å². The molecule has 176 valence electrons. The summed E-state index contributed by atoms with van der Waals surface area (Å²) in [5.74, 6) is -0.300. The van der Waals surface area contributed by atoms with Crippen LogP contribution in [0.5, 0.6) is 5.75 Å². The molecule has 0 bridgehead atoms. The molecule has 4 rings (SSSR count). The van der Waals surface area contributed by atoms with E-state index in [1.165, 1.54) is 41.7 Å². The first-order valence-electron chi connectivity index (χ1n) is 10.6. The molecule has 9 nitrogen and oxygen atoms in total. The Morgan fingerprint density at radius 1 is 1.30 bits per heavy atom. The zero-order chi connectivity index (χ0) is 23.8. The fourth-order valence-corrected chi connectivity index (χ4v) is 4.38. The minimum absolute atomic E-state index is 0.125. The lowest BCUT2D eigenvalue weighted by Gasteiger charge is -2.27. The number of rotatable bonds is 5. The van der Waals surface area contributed by atoms with Crippen molar-refractivity contribution in [3.05, 3.63) is 47.7 Å². The lowest BCUT2D eigenvalue weighted by molar-refractivity contribution is 0.0668. The largest absolute Gasteiger partial charge is 0.488 e. The fourth-order valence-electron chi connectivity index (χ4n) is 3.88. The van der Waals surface area contributed by atoms with Crippen molar-refractivity contribution in [3.8, 4) is 5.75 Å². The summed E-state index contributed by atoms with van der Waals surface area (Å²) >= 11 is 0. The fraction of sp³-hybridized carbons (Fsp3) is 0.409. The zero-order valence-corrected chi connectivity index (χ0v) is 19.4. The second-order valence-corrected chi connectivity index (χ2v) is 11.0. The van der Waals surface area contributed by atoms with Crippen LogP contribution in [0.3, 0.4) is 0 Å². The maximum atomic E-state index is 14.0. The van der Waals surface area contributed by atoms with Crippen molar-refractivity contribution in [2.45, 2.75) is 44.8 Å². The zero-order valence-electron chi connectivity index (χ0n) is 18.6. The van der Waals surface area contributed by atoms with E-state index in [0.717, 1.165) is 0 Å². The van der Waals surface area contributed by atoms with E-state index >= 15 is 0 Å². The number of aryl methyl sites for hydroxylation is 1. The van der Waals surface area contributed by atoms with Gasteiger partial charge in [0.25, 0.3) is 5.91 Å². The van der Waals surface area contributed by atoms with Crippen LogP contribution >= 0.6 is 0 Å². The van der Waals surface area contributed by atoms with Gasteiger partial charge < -0.3 is 15.2 Å². The van der Waals surface area contributed by atoms with Crippen molar-refractivity contribution in [1.82, 2.24) is 14.6 Å². The van der Waals surface area contributed by atoms with Crippen molar-refractivity contribution in [2.75, 3.05) is 17.8 Å². The molecular weight excluding hydrogens is 449 g/mol. The van der Waals surface area contributed by atoms with Crippen molar-refractivity contribution in [3.63, 3.8) is 0 Å². The monoisotopic (exact) mass is 475 g/mol. The predicted molar refractivity (Wildman–Crippen MR) is 123 cm³/mol. The van der Waals surface area contributed by atoms with Crippen molar-refractivity contribution in [1.29, 1.82) is 0 Å². The molecule has 0 spiro atoms. The number of aromatic nitrogens is 3. The van der Waals surface area contributed by atoms with Crippen LogP contribution in [-0.2, 0) is 9.73 Å². The number of ether oxygens (including phenoxy) is 1. The van der Waals surface area contributed by atoms with E-state index in [1.807, 2.05) is 0 Å². The van der Waals surface area contributed by atoms with E-state index in [-0.39, 0.29) is 17.8 Å². The highest BCUT2D eigenvalue weighted by Gasteiger charge is 2.23. The number of fused-ring (bicyclic) bond motifs is 1. The standard InChI is InChI=1S/C22H26FN5O4S/c1-13-17(22(30)27-33(2,3)31)11-28-20(13)21(24-12-25-28)26-18-9-4-14(23)10-19(18)32-16-7-5-15(29)6-8-16/h4,9-12,15-16,29H,5-8H2,1-3H3,(H,24,25,26)/t15-,16-. The Kier molecular flexibility index (Phi) is 6.35. The topological polar surface area (TPSA) is 118 Å². The van der Waals surface area contributed by atoms with E-state index in [9.17, 15) is 18.5 Å². The van der Waals surface area contributed by atoms with Gasteiger partial charge in [0.1, 0.15) is 23.4 Å². The van der Waals surface area contributed by atoms with Crippen LogP contribution in [0.2, 0.25) is 0 Å². The number of hydrogen-bond donors (Lipinski definition) is 2. The van der Waals surface area contributed by atoms with Gasteiger partial charge in [-0.2, -0.15) is 9.46 Å². The summed E-state index contributed by atoms with van der Waals surface area (Å²) in [4.78, 5) is 16.9. The number of nitrogens with zero attached hydrogens (tertiary/aromatic N) is 4. The van der Waals surface area contributed by atoms with E-state index < -0.39 is 21.5 Å². The molecule has 1 fully saturated rings. The van der Waals surface area contributed by atoms with Gasteiger partial charge in [0.2, 0.25) is 0 Å². The lowest BCUT2D eigenvalue weighted by atomic mass is 9.95. The number of nitrogens with one attached hydrogen (secondary N) is 1. The molecule has 0 aliphatic heterocycles. The van der Waals surface area contributed by atoms with Crippen LogP contribution in [-0.4, -0.2) is 54.5 Å². The molecule has 2 aromatic heterocycles. The number of hydrogen-bond acceptors (Lipinski definition) is 7. The molecule has 1 aliphatic rings.